The Morgan fingerprint density at radius 2 is 1.65 bits per heavy atom. The molecular formula is C17H21FN2O5S. The normalized spacial score (nSPS) is 24.6. The molecule has 26 heavy (non-hydrogen) atoms. The number of hydrogen-bond acceptors (Lipinski definition) is 4. The molecule has 7 nitrogen and oxygen atoms in total. The first kappa shape index (κ1) is 18.8. The van der Waals surface area contributed by atoms with Gasteiger partial charge in [-0.25, -0.2) is 17.6 Å². The molecule has 1 unspecified atom stereocenters. The van der Waals surface area contributed by atoms with Crippen LogP contribution in [-0.2, 0) is 14.8 Å². The molecule has 9 heteroatoms. The van der Waals surface area contributed by atoms with Crippen molar-refractivity contribution in [2.45, 2.75) is 36.2 Å². The minimum absolute atomic E-state index is 0.00939. The van der Waals surface area contributed by atoms with E-state index in [4.69, 9.17) is 5.11 Å². The molecule has 2 fully saturated rings. The van der Waals surface area contributed by atoms with E-state index in [0.29, 0.717) is 13.1 Å². The highest BCUT2D eigenvalue weighted by atomic mass is 32.2. The summed E-state index contributed by atoms with van der Waals surface area (Å²) >= 11 is 0. The quantitative estimate of drug-likeness (QED) is 0.849. The molecule has 1 N–H and O–H groups in total. The molecule has 142 valence electrons. The summed E-state index contributed by atoms with van der Waals surface area (Å²) in [4.78, 5) is 24.6. The van der Waals surface area contributed by atoms with E-state index in [0.717, 1.165) is 24.2 Å². The second-order valence-corrected chi connectivity index (χ2v) is 8.67. The molecule has 2 aliphatic heterocycles. The molecule has 1 aromatic carbocycles. The van der Waals surface area contributed by atoms with Crippen molar-refractivity contribution in [3.8, 4) is 0 Å². The van der Waals surface area contributed by atoms with E-state index in [-0.39, 0.29) is 23.4 Å². The van der Waals surface area contributed by atoms with Gasteiger partial charge in [0.1, 0.15) is 0 Å². The minimum Gasteiger partial charge on any atom is -0.479 e. The highest BCUT2D eigenvalue weighted by Crippen LogP contribution is 2.27. The van der Waals surface area contributed by atoms with E-state index in [2.05, 4.69) is 0 Å². The van der Waals surface area contributed by atoms with Gasteiger partial charge in [-0.15, -0.1) is 0 Å². The zero-order valence-corrected chi connectivity index (χ0v) is 15.0. The standard InChI is InChI=1S/C17H21FN2O5S/c18-17(16(22)23)8-11-19(12-17)15(21)13-4-6-14(7-5-13)26(24,25)20-9-2-1-3-10-20/h4-7H,1-3,8-12H2,(H,22,23). The lowest BCUT2D eigenvalue weighted by molar-refractivity contribution is -0.149. The topological polar surface area (TPSA) is 95.0 Å². The fourth-order valence-corrected chi connectivity index (χ4v) is 4.84. The lowest BCUT2D eigenvalue weighted by Crippen LogP contribution is -2.39. The van der Waals surface area contributed by atoms with Gasteiger partial charge < -0.3 is 10.0 Å². The summed E-state index contributed by atoms with van der Waals surface area (Å²) in [6.07, 6.45) is 2.43. The predicted octanol–water partition coefficient (Wildman–Crippen LogP) is 1.50. The van der Waals surface area contributed by atoms with Crippen LogP contribution in [-0.4, -0.2) is 66.5 Å². The Balaban J connectivity index is 1.73. The number of likely N-dealkylation sites (tertiary alicyclic amines) is 1. The Labute approximate surface area is 151 Å². The van der Waals surface area contributed by atoms with Crippen molar-refractivity contribution in [3.05, 3.63) is 29.8 Å². The maximum atomic E-state index is 14.1. The number of sulfonamides is 1. The molecule has 1 atom stereocenters. The third-order valence-corrected chi connectivity index (χ3v) is 6.86. The third-order valence-electron chi connectivity index (χ3n) is 4.94. The molecule has 0 saturated carbocycles. The number of carbonyl (C=O) groups is 2. The maximum Gasteiger partial charge on any atom is 0.343 e. The molecule has 2 saturated heterocycles. The minimum atomic E-state index is -3.58. The number of piperidine rings is 1. The number of aliphatic carboxylic acids is 1. The van der Waals surface area contributed by atoms with Gasteiger partial charge in [0, 0.05) is 31.6 Å². The number of halogens is 1. The Morgan fingerprint density at radius 3 is 2.19 bits per heavy atom. The Hall–Kier alpha value is -2.00. The summed E-state index contributed by atoms with van der Waals surface area (Å²) in [7, 11) is -3.58. The number of carboxylic acid groups (broad SMARTS) is 1. The van der Waals surface area contributed by atoms with Crippen molar-refractivity contribution in [1.29, 1.82) is 0 Å². The maximum absolute atomic E-state index is 14.1. The van der Waals surface area contributed by atoms with Gasteiger partial charge in [-0.1, -0.05) is 6.42 Å². The molecular weight excluding hydrogens is 363 g/mol. The number of nitrogens with zero attached hydrogens (tertiary/aromatic N) is 2. The highest BCUT2D eigenvalue weighted by molar-refractivity contribution is 7.89. The first-order valence-electron chi connectivity index (χ1n) is 8.56. The van der Waals surface area contributed by atoms with Gasteiger partial charge >= 0.3 is 5.97 Å². The number of carboxylic acids is 1. The molecule has 2 heterocycles. The van der Waals surface area contributed by atoms with Crippen LogP contribution in [0.25, 0.3) is 0 Å². The van der Waals surface area contributed by atoms with Crippen LogP contribution in [0.4, 0.5) is 4.39 Å². The van der Waals surface area contributed by atoms with Gasteiger partial charge in [-0.05, 0) is 37.1 Å². The summed E-state index contributed by atoms with van der Waals surface area (Å²) < 4.78 is 40.8. The van der Waals surface area contributed by atoms with Crippen LogP contribution in [0.1, 0.15) is 36.0 Å². The second kappa shape index (κ2) is 6.96. The van der Waals surface area contributed by atoms with E-state index in [1.54, 1.807) is 0 Å². The second-order valence-electron chi connectivity index (χ2n) is 6.74. The SMILES string of the molecule is O=C(c1ccc(S(=O)(=O)N2CCCCC2)cc1)N1CCC(F)(C(=O)O)C1. The smallest absolute Gasteiger partial charge is 0.343 e. The monoisotopic (exact) mass is 384 g/mol. The van der Waals surface area contributed by atoms with Gasteiger partial charge in [0.25, 0.3) is 5.91 Å². The van der Waals surface area contributed by atoms with Crippen LogP contribution >= 0.6 is 0 Å². The Kier molecular flexibility index (Phi) is 5.03. The van der Waals surface area contributed by atoms with E-state index in [1.807, 2.05) is 0 Å². The molecule has 0 spiro atoms. The lowest BCUT2D eigenvalue weighted by Gasteiger charge is -2.26. The molecule has 2 aliphatic rings. The van der Waals surface area contributed by atoms with Gasteiger partial charge in [-0.3, -0.25) is 4.79 Å². The number of hydrogen-bond donors (Lipinski definition) is 1. The fourth-order valence-electron chi connectivity index (χ4n) is 3.33. The highest BCUT2D eigenvalue weighted by Gasteiger charge is 2.47. The van der Waals surface area contributed by atoms with E-state index in [1.165, 1.54) is 28.6 Å². The van der Waals surface area contributed by atoms with E-state index >= 15 is 0 Å². The number of alkyl halides is 1. The average molecular weight is 384 g/mol. The van der Waals surface area contributed by atoms with Crippen LogP contribution in [0.2, 0.25) is 0 Å². The summed E-state index contributed by atoms with van der Waals surface area (Å²) in [6, 6.07) is 5.51. The van der Waals surface area contributed by atoms with Crippen molar-refractivity contribution in [2.75, 3.05) is 26.2 Å². The number of carbonyl (C=O) groups excluding carboxylic acids is 1. The molecule has 0 radical (unpaired) electrons. The first-order valence-corrected chi connectivity index (χ1v) is 10.00. The van der Waals surface area contributed by atoms with Gasteiger partial charge in [-0.2, -0.15) is 4.31 Å². The Morgan fingerprint density at radius 1 is 1.04 bits per heavy atom. The average Bonchev–Trinajstić information content (AvgIpc) is 3.06. The van der Waals surface area contributed by atoms with E-state index in [9.17, 15) is 22.4 Å². The summed E-state index contributed by atoms with van der Waals surface area (Å²) in [5.74, 6) is -2.08. The molecule has 0 aliphatic carbocycles. The fraction of sp³-hybridized carbons (Fsp3) is 0.529. The van der Waals surface area contributed by atoms with Crippen LogP contribution in [0.15, 0.2) is 29.2 Å². The van der Waals surface area contributed by atoms with Crippen molar-refractivity contribution in [2.24, 2.45) is 0 Å². The summed E-state index contributed by atoms with van der Waals surface area (Å²) in [5, 5.41) is 8.91. The Bertz CT molecular complexity index is 805. The van der Waals surface area contributed by atoms with Gasteiger partial charge in [0.05, 0.1) is 11.4 Å². The number of benzene rings is 1. The van der Waals surface area contributed by atoms with Crippen LogP contribution in [0.3, 0.4) is 0 Å². The van der Waals surface area contributed by atoms with Crippen LogP contribution < -0.4 is 0 Å². The van der Waals surface area contributed by atoms with Crippen molar-refractivity contribution < 1.29 is 27.5 Å². The third kappa shape index (κ3) is 3.45. The van der Waals surface area contributed by atoms with E-state index < -0.39 is 34.1 Å². The zero-order chi connectivity index (χ0) is 18.9. The molecule has 3 rings (SSSR count). The van der Waals surface area contributed by atoms with Crippen LogP contribution in [0, 0.1) is 0 Å². The molecule has 1 amide bonds. The summed E-state index contributed by atoms with van der Waals surface area (Å²) in [5.41, 5.74) is -2.22. The van der Waals surface area contributed by atoms with Gasteiger partial charge in [0.2, 0.25) is 15.7 Å². The largest absolute Gasteiger partial charge is 0.479 e. The predicted molar refractivity (Wildman–Crippen MR) is 91.0 cm³/mol. The first-order chi connectivity index (χ1) is 12.2. The number of rotatable bonds is 4. The van der Waals surface area contributed by atoms with Crippen molar-refractivity contribution in [3.63, 3.8) is 0 Å². The zero-order valence-electron chi connectivity index (χ0n) is 14.2. The summed E-state index contributed by atoms with van der Waals surface area (Å²) in [6.45, 7) is 0.486. The molecule has 1 aromatic rings. The van der Waals surface area contributed by atoms with Crippen molar-refractivity contribution in [1.82, 2.24) is 9.21 Å². The van der Waals surface area contributed by atoms with Crippen molar-refractivity contribution >= 4 is 21.9 Å². The molecule has 0 bridgehead atoms. The van der Waals surface area contributed by atoms with Gasteiger partial charge in [0.15, 0.2) is 0 Å². The lowest BCUT2D eigenvalue weighted by atomic mass is 10.1. The van der Waals surface area contributed by atoms with Crippen LogP contribution in [0.5, 0.6) is 0 Å². The number of amides is 1. The molecule has 0 aromatic heterocycles.